The van der Waals surface area contributed by atoms with Crippen LogP contribution in [-0.4, -0.2) is 23.7 Å². The molecule has 1 saturated heterocycles. The molecule has 0 aliphatic carbocycles. The maximum Gasteiger partial charge on any atom is 0.333 e. The van der Waals surface area contributed by atoms with Gasteiger partial charge in [0.2, 0.25) is 0 Å². The molecule has 1 aliphatic heterocycles. The summed E-state index contributed by atoms with van der Waals surface area (Å²) in [7, 11) is 0. The quantitative estimate of drug-likeness (QED) is 0.669. The van der Waals surface area contributed by atoms with Crippen molar-refractivity contribution < 1.29 is 19.4 Å². The van der Waals surface area contributed by atoms with Crippen molar-refractivity contribution in [2.75, 3.05) is 11.5 Å². The summed E-state index contributed by atoms with van der Waals surface area (Å²) < 4.78 is 5.32. The molecule has 2 aromatic carbocycles. The number of carbonyl (C=O) groups is 2. The largest absolute Gasteiger partial charge is 0.504 e. The summed E-state index contributed by atoms with van der Waals surface area (Å²) in [5, 5.41) is 12.3. The van der Waals surface area contributed by atoms with Crippen LogP contribution < -0.4 is 15.0 Å². The number of anilines is 1. The average molecular weight is 324 g/mol. The SMILES string of the molecule is CCOc1cc(C=C2NC(=O)N(c3ccccc3)C2=O)ccc1O. The molecule has 3 amide bonds. The lowest BCUT2D eigenvalue weighted by Crippen LogP contribution is -2.30. The van der Waals surface area contributed by atoms with Crippen LogP contribution in [0.5, 0.6) is 11.5 Å². The second kappa shape index (κ2) is 6.45. The van der Waals surface area contributed by atoms with Crippen molar-refractivity contribution in [3.8, 4) is 11.5 Å². The van der Waals surface area contributed by atoms with E-state index in [0.29, 0.717) is 23.6 Å². The summed E-state index contributed by atoms with van der Waals surface area (Å²) in [5.74, 6) is -0.0903. The lowest BCUT2D eigenvalue weighted by Gasteiger charge is -2.10. The van der Waals surface area contributed by atoms with Gasteiger partial charge in [0.1, 0.15) is 5.70 Å². The molecule has 122 valence electrons. The smallest absolute Gasteiger partial charge is 0.333 e. The number of nitrogens with one attached hydrogen (secondary N) is 1. The lowest BCUT2D eigenvalue weighted by molar-refractivity contribution is -0.113. The molecule has 0 radical (unpaired) electrons. The number of rotatable bonds is 4. The highest BCUT2D eigenvalue weighted by Crippen LogP contribution is 2.28. The van der Waals surface area contributed by atoms with E-state index < -0.39 is 11.9 Å². The highest BCUT2D eigenvalue weighted by molar-refractivity contribution is 6.28. The van der Waals surface area contributed by atoms with Crippen LogP contribution in [0.15, 0.2) is 54.2 Å². The van der Waals surface area contributed by atoms with Crippen LogP contribution in [0.4, 0.5) is 10.5 Å². The molecule has 0 aromatic heterocycles. The second-order valence-corrected chi connectivity index (χ2v) is 5.12. The molecule has 2 aromatic rings. The number of hydrogen-bond donors (Lipinski definition) is 2. The predicted octanol–water partition coefficient (Wildman–Crippen LogP) is 2.89. The Labute approximate surface area is 139 Å². The number of phenols is 1. The van der Waals surface area contributed by atoms with E-state index in [0.717, 1.165) is 4.90 Å². The number of urea groups is 1. The Morgan fingerprint density at radius 2 is 1.92 bits per heavy atom. The number of aromatic hydroxyl groups is 1. The van der Waals surface area contributed by atoms with Gasteiger partial charge in [-0.2, -0.15) is 0 Å². The molecule has 3 rings (SSSR count). The predicted molar refractivity (Wildman–Crippen MR) is 89.7 cm³/mol. The van der Waals surface area contributed by atoms with Gasteiger partial charge in [-0.1, -0.05) is 24.3 Å². The van der Waals surface area contributed by atoms with E-state index in [2.05, 4.69) is 5.32 Å². The third-order valence-electron chi connectivity index (χ3n) is 3.49. The number of amides is 3. The number of nitrogens with zero attached hydrogens (tertiary/aromatic N) is 1. The summed E-state index contributed by atoms with van der Waals surface area (Å²) in [4.78, 5) is 25.7. The van der Waals surface area contributed by atoms with Gasteiger partial charge in [-0.25, -0.2) is 9.69 Å². The maximum atomic E-state index is 12.5. The van der Waals surface area contributed by atoms with Gasteiger partial charge in [0.15, 0.2) is 11.5 Å². The molecule has 6 heteroatoms. The van der Waals surface area contributed by atoms with Crippen molar-refractivity contribution in [3.05, 3.63) is 59.8 Å². The highest BCUT2D eigenvalue weighted by atomic mass is 16.5. The summed E-state index contributed by atoms with van der Waals surface area (Å²) in [6, 6.07) is 12.9. The normalized spacial score (nSPS) is 15.7. The fraction of sp³-hybridized carbons (Fsp3) is 0.111. The Hall–Kier alpha value is -3.28. The van der Waals surface area contributed by atoms with Gasteiger partial charge in [-0.15, -0.1) is 0 Å². The number of hydrogen-bond acceptors (Lipinski definition) is 4. The molecular weight excluding hydrogens is 308 g/mol. The molecule has 0 bridgehead atoms. The first-order valence-electron chi connectivity index (χ1n) is 7.48. The van der Waals surface area contributed by atoms with Gasteiger partial charge in [0.05, 0.1) is 12.3 Å². The first-order chi connectivity index (χ1) is 11.6. The summed E-state index contributed by atoms with van der Waals surface area (Å²) in [5.41, 5.74) is 1.30. The zero-order valence-corrected chi connectivity index (χ0v) is 13.0. The van der Waals surface area contributed by atoms with Gasteiger partial charge < -0.3 is 15.2 Å². The molecule has 24 heavy (non-hydrogen) atoms. The van der Waals surface area contributed by atoms with E-state index >= 15 is 0 Å². The molecule has 1 heterocycles. The molecule has 0 saturated carbocycles. The van der Waals surface area contributed by atoms with Crippen molar-refractivity contribution in [1.82, 2.24) is 5.32 Å². The molecule has 6 nitrogen and oxygen atoms in total. The molecule has 0 spiro atoms. The molecule has 1 fully saturated rings. The Balaban J connectivity index is 1.91. The van der Waals surface area contributed by atoms with Crippen molar-refractivity contribution in [1.29, 1.82) is 0 Å². The minimum atomic E-state index is -0.499. The van der Waals surface area contributed by atoms with Crippen LogP contribution >= 0.6 is 0 Å². The summed E-state index contributed by atoms with van der Waals surface area (Å²) in [6.07, 6.45) is 1.55. The van der Waals surface area contributed by atoms with E-state index in [1.54, 1.807) is 42.5 Å². The van der Waals surface area contributed by atoms with Crippen molar-refractivity contribution in [3.63, 3.8) is 0 Å². The van der Waals surface area contributed by atoms with Crippen molar-refractivity contribution in [2.45, 2.75) is 6.92 Å². The number of imide groups is 1. The first kappa shape index (κ1) is 15.6. The summed E-state index contributed by atoms with van der Waals surface area (Å²) in [6.45, 7) is 2.22. The van der Waals surface area contributed by atoms with E-state index in [1.807, 2.05) is 13.0 Å². The number of para-hydroxylation sites is 1. The standard InChI is InChI=1S/C18H16N2O4/c1-2-24-16-11-12(8-9-15(16)21)10-14-17(22)20(18(23)19-14)13-6-4-3-5-7-13/h3-11,21H,2H2,1H3,(H,19,23). The van der Waals surface area contributed by atoms with E-state index in [1.165, 1.54) is 6.07 Å². The zero-order valence-electron chi connectivity index (χ0n) is 13.0. The monoisotopic (exact) mass is 324 g/mol. The molecule has 2 N–H and O–H groups in total. The number of carbonyl (C=O) groups excluding carboxylic acids is 2. The van der Waals surface area contributed by atoms with Gasteiger partial charge in [-0.3, -0.25) is 4.79 Å². The molecule has 0 unspecified atom stereocenters. The fourth-order valence-corrected chi connectivity index (χ4v) is 2.40. The van der Waals surface area contributed by atoms with Crippen molar-refractivity contribution >= 4 is 23.7 Å². The number of benzene rings is 2. The molecular formula is C18H16N2O4. The third-order valence-corrected chi connectivity index (χ3v) is 3.49. The van der Waals surface area contributed by atoms with Crippen LogP contribution in [0.2, 0.25) is 0 Å². The Morgan fingerprint density at radius 1 is 1.17 bits per heavy atom. The van der Waals surface area contributed by atoms with Crippen LogP contribution in [0.3, 0.4) is 0 Å². The maximum absolute atomic E-state index is 12.5. The average Bonchev–Trinajstić information content (AvgIpc) is 2.85. The van der Waals surface area contributed by atoms with E-state index in [9.17, 15) is 14.7 Å². The van der Waals surface area contributed by atoms with Gasteiger partial charge in [0, 0.05) is 0 Å². The summed E-state index contributed by atoms with van der Waals surface area (Å²) >= 11 is 0. The Morgan fingerprint density at radius 3 is 2.62 bits per heavy atom. The molecule has 1 aliphatic rings. The van der Waals surface area contributed by atoms with Crippen LogP contribution in [0.25, 0.3) is 6.08 Å². The molecule has 0 atom stereocenters. The second-order valence-electron chi connectivity index (χ2n) is 5.12. The van der Waals surface area contributed by atoms with Crippen LogP contribution in [0.1, 0.15) is 12.5 Å². The van der Waals surface area contributed by atoms with Gasteiger partial charge in [0.25, 0.3) is 5.91 Å². The minimum Gasteiger partial charge on any atom is -0.504 e. The first-order valence-corrected chi connectivity index (χ1v) is 7.48. The fourth-order valence-electron chi connectivity index (χ4n) is 2.40. The highest BCUT2D eigenvalue weighted by Gasteiger charge is 2.34. The minimum absolute atomic E-state index is 0.0201. The number of ether oxygens (including phenoxy) is 1. The van der Waals surface area contributed by atoms with Crippen LogP contribution in [-0.2, 0) is 4.79 Å². The van der Waals surface area contributed by atoms with E-state index in [-0.39, 0.29) is 11.4 Å². The topological polar surface area (TPSA) is 78.9 Å². The third kappa shape index (κ3) is 2.94. The van der Waals surface area contributed by atoms with Gasteiger partial charge in [-0.05, 0) is 42.8 Å². The number of phenolic OH excluding ortho intramolecular Hbond substituents is 1. The Bertz CT molecular complexity index is 815. The zero-order chi connectivity index (χ0) is 17.1. The van der Waals surface area contributed by atoms with E-state index in [4.69, 9.17) is 4.74 Å². The lowest BCUT2D eigenvalue weighted by atomic mass is 10.1. The van der Waals surface area contributed by atoms with Crippen LogP contribution in [0, 0.1) is 0 Å². The van der Waals surface area contributed by atoms with Crippen molar-refractivity contribution in [2.24, 2.45) is 0 Å². The van der Waals surface area contributed by atoms with Gasteiger partial charge >= 0.3 is 6.03 Å². The Kier molecular flexibility index (Phi) is 4.20.